The first-order chi connectivity index (χ1) is 12.3. The first kappa shape index (κ1) is 17.6. The van der Waals surface area contributed by atoms with Gasteiger partial charge in [0.15, 0.2) is 5.82 Å². The fourth-order valence-electron chi connectivity index (χ4n) is 2.41. The van der Waals surface area contributed by atoms with Crippen LogP contribution in [0.3, 0.4) is 0 Å². The zero-order valence-corrected chi connectivity index (χ0v) is 15.1. The molecule has 1 aromatic carbocycles. The molecule has 0 radical (unpaired) electrons. The highest BCUT2D eigenvalue weighted by Gasteiger charge is 2.17. The third-order valence-corrected chi connectivity index (χ3v) is 5.48. The van der Waals surface area contributed by atoms with Gasteiger partial charge < -0.3 is 10.2 Å². The summed E-state index contributed by atoms with van der Waals surface area (Å²) < 4.78 is 0. The molecule has 0 unspecified atom stereocenters. The van der Waals surface area contributed by atoms with Crippen LogP contribution in [0.15, 0.2) is 41.7 Å². The molecule has 3 rings (SSSR count). The molecule has 0 spiro atoms. The van der Waals surface area contributed by atoms with Crippen molar-refractivity contribution in [3.8, 4) is 6.07 Å². The average Bonchev–Trinajstić information content (AvgIpc) is 2.67. The van der Waals surface area contributed by atoms with E-state index in [1.54, 1.807) is 36.7 Å². The van der Waals surface area contributed by atoms with Crippen molar-refractivity contribution in [2.45, 2.75) is 5.03 Å². The van der Waals surface area contributed by atoms with Crippen LogP contribution in [0.2, 0.25) is 0 Å². The molecule has 25 heavy (non-hydrogen) atoms. The van der Waals surface area contributed by atoms with Crippen molar-refractivity contribution in [2.75, 3.05) is 40.6 Å². The lowest BCUT2D eigenvalue weighted by Gasteiger charge is -2.28. The van der Waals surface area contributed by atoms with Crippen molar-refractivity contribution in [3.05, 3.63) is 42.2 Å². The number of carbonyl (C=O) groups is 1. The highest BCUT2D eigenvalue weighted by atomic mass is 32.2. The van der Waals surface area contributed by atoms with Crippen LogP contribution >= 0.6 is 23.5 Å². The Hall–Kier alpha value is -2.24. The van der Waals surface area contributed by atoms with E-state index in [-0.39, 0.29) is 11.7 Å². The summed E-state index contributed by atoms with van der Waals surface area (Å²) in [4.78, 5) is 23.3. The summed E-state index contributed by atoms with van der Waals surface area (Å²) in [5.74, 6) is 3.12. The van der Waals surface area contributed by atoms with E-state index < -0.39 is 0 Å². The minimum Gasteiger partial charge on any atom is -0.353 e. The number of benzene rings is 1. The highest BCUT2D eigenvalue weighted by molar-refractivity contribution is 8.00. The molecule has 1 fully saturated rings. The molecule has 1 amide bonds. The van der Waals surface area contributed by atoms with Crippen molar-refractivity contribution in [1.29, 1.82) is 5.26 Å². The maximum Gasteiger partial charge on any atom is 0.234 e. The van der Waals surface area contributed by atoms with Crippen molar-refractivity contribution in [2.24, 2.45) is 0 Å². The van der Waals surface area contributed by atoms with Crippen LogP contribution in [0.4, 0.5) is 11.5 Å². The molecule has 128 valence electrons. The van der Waals surface area contributed by atoms with Gasteiger partial charge >= 0.3 is 0 Å². The van der Waals surface area contributed by atoms with Gasteiger partial charge in [0.25, 0.3) is 0 Å². The topological polar surface area (TPSA) is 81.9 Å². The van der Waals surface area contributed by atoms with Crippen LogP contribution in [-0.2, 0) is 4.79 Å². The molecule has 1 saturated heterocycles. The van der Waals surface area contributed by atoms with Crippen LogP contribution in [0.25, 0.3) is 0 Å². The molecule has 8 heteroatoms. The lowest BCUT2D eigenvalue weighted by Crippen LogP contribution is -2.33. The van der Waals surface area contributed by atoms with Gasteiger partial charge in [0, 0.05) is 42.7 Å². The van der Waals surface area contributed by atoms with Crippen molar-refractivity contribution in [3.63, 3.8) is 0 Å². The summed E-state index contributed by atoms with van der Waals surface area (Å²) in [7, 11) is 0. The first-order valence-electron chi connectivity index (χ1n) is 7.83. The Kier molecular flexibility index (Phi) is 6.14. The number of nitrogens with zero attached hydrogens (tertiary/aromatic N) is 4. The lowest BCUT2D eigenvalue weighted by atomic mass is 10.2. The molecule has 0 atom stereocenters. The fourth-order valence-corrected chi connectivity index (χ4v) is 4.10. The van der Waals surface area contributed by atoms with Crippen molar-refractivity contribution < 1.29 is 4.79 Å². The summed E-state index contributed by atoms with van der Waals surface area (Å²) in [6.07, 6.45) is 3.34. The summed E-state index contributed by atoms with van der Waals surface area (Å²) >= 11 is 3.32. The average molecular weight is 371 g/mol. The Morgan fingerprint density at radius 1 is 1.32 bits per heavy atom. The number of rotatable bonds is 5. The van der Waals surface area contributed by atoms with Crippen LogP contribution in [-0.4, -0.2) is 46.2 Å². The molecule has 1 aliphatic heterocycles. The van der Waals surface area contributed by atoms with Gasteiger partial charge in [-0.1, -0.05) is 17.8 Å². The number of hydrogen-bond acceptors (Lipinski definition) is 7. The van der Waals surface area contributed by atoms with Crippen molar-refractivity contribution in [1.82, 2.24) is 9.97 Å². The third-order valence-electron chi connectivity index (χ3n) is 3.57. The molecular formula is C17H17N5OS2. The predicted octanol–water partition coefficient (Wildman–Crippen LogP) is 2.63. The van der Waals surface area contributed by atoms with Crippen LogP contribution < -0.4 is 10.2 Å². The lowest BCUT2D eigenvalue weighted by molar-refractivity contribution is -0.113. The van der Waals surface area contributed by atoms with E-state index in [2.05, 4.69) is 26.3 Å². The Morgan fingerprint density at radius 3 is 2.92 bits per heavy atom. The number of nitriles is 1. The van der Waals surface area contributed by atoms with Gasteiger partial charge in [0.1, 0.15) is 5.03 Å². The second-order valence-corrected chi connectivity index (χ2v) is 7.50. The van der Waals surface area contributed by atoms with Gasteiger partial charge in [0.05, 0.1) is 17.4 Å². The fraction of sp³-hybridized carbons (Fsp3) is 0.294. The predicted molar refractivity (Wildman–Crippen MR) is 102 cm³/mol. The molecule has 2 aromatic rings. The first-order valence-corrected chi connectivity index (χ1v) is 9.97. The Balaban J connectivity index is 1.61. The summed E-state index contributed by atoms with van der Waals surface area (Å²) in [5, 5.41) is 12.5. The molecule has 1 aromatic heterocycles. The van der Waals surface area contributed by atoms with Crippen molar-refractivity contribution >= 4 is 40.9 Å². The smallest absolute Gasteiger partial charge is 0.234 e. The Labute approximate surface area is 155 Å². The number of thioether (sulfide) groups is 2. The Morgan fingerprint density at radius 2 is 2.12 bits per heavy atom. The summed E-state index contributed by atoms with van der Waals surface area (Å²) in [6, 6.07) is 8.93. The summed E-state index contributed by atoms with van der Waals surface area (Å²) in [5.41, 5.74) is 1.14. The second-order valence-electron chi connectivity index (χ2n) is 5.31. The molecule has 0 bridgehead atoms. The molecule has 0 aliphatic carbocycles. The van der Waals surface area contributed by atoms with Crippen LogP contribution in [0.5, 0.6) is 0 Å². The number of nitrogens with one attached hydrogen (secondary N) is 1. The molecule has 6 nitrogen and oxygen atoms in total. The van der Waals surface area contributed by atoms with Crippen LogP contribution in [0.1, 0.15) is 5.56 Å². The number of carbonyl (C=O) groups excluding carboxylic acids is 1. The van der Waals surface area contributed by atoms with E-state index in [0.717, 1.165) is 35.4 Å². The third kappa shape index (κ3) is 4.87. The highest BCUT2D eigenvalue weighted by Crippen LogP contribution is 2.27. The number of aromatic nitrogens is 2. The quantitative estimate of drug-likeness (QED) is 0.809. The van der Waals surface area contributed by atoms with Gasteiger partial charge in [-0.3, -0.25) is 4.79 Å². The van der Waals surface area contributed by atoms with E-state index in [0.29, 0.717) is 11.3 Å². The largest absolute Gasteiger partial charge is 0.353 e. The molecule has 2 heterocycles. The SMILES string of the molecule is N#Cc1cccc(NC(=O)CSc2nccnc2N2CCSCC2)c1. The molecular weight excluding hydrogens is 354 g/mol. The maximum atomic E-state index is 12.2. The molecule has 1 N–H and O–H groups in total. The van der Waals surface area contributed by atoms with Gasteiger partial charge in [-0.25, -0.2) is 9.97 Å². The van der Waals surface area contributed by atoms with E-state index in [1.807, 2.05) is 11.8 Å². The maximum absolute atomic E-state index is 12.2. The van der Waals surface area contributed by atoms with E-state index >= 15 is 0 Å². The summed E-state index contributed by atoms with van der Waals surface area (Å²) in [6.45, 7) is 1.90. The minimum absolute atomic E-state index is 0.133. The van der Waals surface area contributed by atoms with Gasteiger partial charge in [-0.05, 0) is 18.2 Å². The monoisotopic (exact) mass is 371 g/mol. The second kappa shape index (κ2) is 8.74. The zero-order chi connectivity index (χ0) is 17.5. The minimum atomic E-state index is -0.133. The normalized spacial score (nSPS) is 14.0. The van der Waals surface area contributed by atoms with Crippen LogP contribution in [0, 0.1) is 11.3 Å². The van der Waals surface area contributed by atoms with Gasteiger partial charge in [-0.15, -0.1) is 0 Å². The van der Waals surface area contributed by atoms with E-state index in [4.69, 9.17) is 5.26 Å². The number of hydrogen-bond donors (Lipinski definition) is 1. The Bertz CT molecular complexity index is 787. The van der Waals surface area contributed by atoms with E-state index in [1.165, 1.54) is 11.8 Å². The van der Waals surface area contributed by atoms with Gasteiger partial charge in [0.2, 0.25) is 5.91 Å². The zero-order valence-electron chi connectivity index (χ0n) is 13.5. The van der Waals surface area contributed by atoms with Gasteiger partial charge in [-0.2, -0.15) is 17.0 Å². The number of anilines is 2. The number of amides is 1. The van der Waals surface area contributed by atoms with E-state index in [9.17, 15) is 4.79 Å². The molecule has 0 saturated carbocycles. The molecule has 1 aliphatic rings. The standard InChI is InChI=1S/C17H17N5OS2/c18-11-13-2-1-3-14(10-13)21-15(23)12-25-17-16(19-4-5-20-17)22-6-8-24-9-7-22/h1-5,10H,6-9,12H2,(H,21,23).